The minimum absolute atomic E-state index is 0.0481. The van der Waals surface area contributed by atoms with E-state index in [4.69, 9.17) is 4.74 Å². The van der Waals surface area contributed by atoms with Crippen molar-refractivity contribution < 1.29 is 29.0 Å². The molecule has 1 amide bonds. The van der Waals surface area contributed by atoms with E-state index < -0.39 is 18.2 Å². The van der Waals surface area contributed by atoms with Gasteiger partial charge in [-0.05, 0) is 6.07 Å². The largest absolute Gasteiger partial charge is 0.466 e. The highest BCUT2D eigenvalue weighted by atomic mass is 16.5. The summed E-state index contributed by atoms with van der Waals surface area (Å²) in [5.41, 5.74) is 0.969. The molecule has 1 heterocycles. The number of rotatable bonds is 5. The first kappa shape index (κ1) is 15.7. The van der Waals surface area contributed by atoms with E-state index in [2.05, 4.69) is 4.74 Å². The van der Waals surface area contributed by atoms with Gasteiger partial charge in [0.05, 0.1) is 13.7 Å². The first-order valence-electron chi connectivity index (χ1n) is 6.55. The summed E-state index contributed by atoms with van der Waals surface area (Å²) in [6.07, 6.45) is 0.824. The summed E-state index contributed by atoms with van der Waals surface area (Å²) in [4.78, 5) is 35.4. The van der Waals surface area contributed by atoms with Crippen molar-refractivity contribution in [2.75, 3.05) is 20.3 Å². The van der Waals surface area contributed by atoms with Crippen molar-refractivity contribution in [1.29, 1.82) is 0 Å². The monoisotopic (exact) mass is 305 g/mol. The van der Waals surface area contributed by atoms with Crippen LogP contribution in [0.15, 0.2) is 36.4 Å². The number of aliphatic hydroxyl groups is 1. The SMILES string of the molecule is COC(=O)/C=C/C(=O)OCCN1C(=O)c2ccccc2C1O. The molecule has 1 aliphatic rings. The fraction of sp³-hybridized carbons (Fsp3) is 0.267. The Morgan fingerprint density at radius 1 is 1.27 bits per heavy atom. The van der Waals surface area contributed by atoms with Gasteiger partial charge in [-0.3, -0.25) is 4.79 Å². The van der Waals surface area contributed by atoms with Gasteiger partial charge >= 0.3 is 11.9 Å². The first-order valence-corrected chi connectivity index (χ1v) is 6.55. The van der Waals surface area contributed by atoms with Crippen molar-refractivity contribution in [3.05, 3.63) is 47.5 Å². The summed E-state index contributed by atoms with van der Waals surface area (Å²) in [7, 11) is 1.19. The van der Waals surface area contributed by atoms with Crippen LogP contribution >= 0.6 is 0 Å². The molecule has 1 aliphatic heterocycles. The van der Waals surface area contributed by atoms with Crippen LogP contribution in [-0.4, -0.2) is 48.1 Å². The van der Waals surface area contributed by atoms with E-state index >= 15 is 0 Å². The molecule has 7 heteroatoms. The molecular formula is C15H15NO6. The van der Waals surface area contributed by atoms with Gasteiger partial charge in [0.15, 0.2) is 6.23 Å². The number of benzene rings is 1. The number of ether oxygens (including phenoxy) is 2. The van der Waals surface area contributed by atoms with Crippen molar-refractivity contribution in [2.45, 2.75) is 6.23 Å². The maximum Gasteiger partial charge on any atom is 0.331 e. The molecule has 0 bridgehead atoms. The second-order valence-corrected chi connectivity index (χ2v) is 4.48. The quantitative estimate of drug-likeness (QED) is 0.625. The van der Waals surface area contributed by atoms with Crippen molar-refractivity contribution in [3.8, 4) is 0 Å². The number of amides is 1. The minimum Gasteiger partial charge on any atom is -0.466 e. The van der Waals surface area contributed by atoms with Gasteiger partial charge in [0.1, 0.15) is 6.61 Å². The maximum atomic E-state index is 12.1. The predicted octanol–water partition coefficient (Wildman–Crippen LogP) is 0.406. The molecule has 2 rings (SSSR count). The Hall–Kier alpha value is -2.67. The Morgan fingerprint density at radius 2 is 1.95 bits per heavy atom. The molecule has 0 aliphatic carbocycles. The van der Waals surface area contributed by atoms with Gasteiger partial charge in [-0.25, -0.2) is 9.59 Å². The van der Waals surface area contributed by atoms with E-state index in [-0.39, 0.29) is 19.1 Å². The molecule has 7 nitrogen and oxygen atoms in total. The van der Waals surface area contributed by atoms with E-state index in [1.165, 1.54) is 12.0 Å². The predicted molar refractivity (Wildman–Crippen MR) is 74.6 cm³/mol. The topological polar surface area (TPSA) is 93.1 Å². The molecule has 0 spiro atoms. The molecule has 0 aromatic heterocycles. The van der Waals surface area contributed by atoms with Gasteiger partial charge < -0.3 is 19.5 Å². The zero-order valence-electron chi connectivity index (χ0n) is 11.9. The van der Waals surface area contributed by atoms with E-state index in [1.54, 1.807) is 24.3 Å². The average molecular weight is 305 g/mol. The van der Waals surface area contributed by atoms with Crippen molar-refractivity contribution in [1.82, 2.24) is 4.90 Å². The third-order valence-electron chi connectivity index (χ3n) is 3.16. The molecule has 22 heavy (non-hydrogen) atoms. The molecule has 1 atom stereocenters. The summed E-state index contributed by atoms with van der Waals surface area (Å²) >= 11 is 0. The van der Waals surface area contributed by atoms with Gasteiger partial charge in [0.2, 0.25) is 0 Å². The number of carbonyl (C=O) groups excluding carboxylic acids is 3. The Bertz CT molecular complexity index is 624. The molecule has 0 radical (unpaired) electrons. The van der Waals surface area contributed by atoms with Crippen molar-refractivity contribution in [2.24, 2.45) is 0 Å². The number of hydrogen-bond donors (Lipinski definition) is 1. The van der Waals surface area contributed by atoms with Crippen molar-refractivity contribution in [3.63, 3.8) is 0 Å². The fourth-order valence-electron chi connectivity index (χ4n) is 2.07. The number of fused-ring (bicyclic) bond motifs is 1. The minimum atomic E-state index is -1.05. The number of esters is 2. The Labute approximate surface area is 126 Å². The second kappa shape index (κ2) is 6.86. The lowest BCUT2D eigenvalue weighted by Crippen LogP contribution is -2.31. The highest BCUT2D eigenvalue weighted by molar-refractivity contribution is 5.98. The summed E-state index contributed by atoms with van der Waals surface area (Å²) < 4.78 is 9.19. The van der Waals surface area contributed by atoms with Crippen LogP contribution in [0.2, 0.25) is 0 Å². The molecule has 1 unspecified atom stereocenters. The second-order valence-electron chi connectivity index (χ2n) is 4.48. The number of carbonyl (C=O) groups is 3. The van der Waals surface area contributed by atoms with Crippen LogP contribution in [0.4, 0.5) is 0 Å². The molecular weight excluding hydrogens is 290 g/mol. The smallest absolute Gasteiger partial charge is 0.331 e. The molecule has 116 valence electrons. The van der Waals surface area contributed by atoms with E-state index in [0.29, 0.717) is 11.1 Å². The lowest BCUT2D eigenvalue weighted by molar-refractivity contribution is -0.140. The van der Waals surface area contributed by atoms with Crippen LogP contribution in [0.5, 0.6) is 0 Å². The van der Waals surface area contributed by atoms with Gasteiger partial charge in [-0.15, -0.1) is 0 Å². The highest BCUT2D eigenvalue weighted by Crippen LogP contribution is 2.30. The van der Waals surface area contributed by atoms with Crippen LogP contribution in [0.1, 0.15) is 22.1 Å². The summed E-state index contributed by atoms with van der Waals surface area (Å²) in [6, 6.07) is 6.75. The van der Waals surface area contributed by atoms with E-state index in [9.17, 15) is 19.5 Å². The Morgan fingerprint density at radius 3 is 2.64 bits per heavy atom. The van der Waals surface area contributed by atoms with Crippen LogP contribution in [0.25, 0.3) is 0 Å². The molecule has 0 saturated carbocycles. The number of hydrogen-bond acceptors (Lipinski definition) is 6. The zero-order valence-corrected chi connectivity index (χ0v) is 11.9. The third kappa shape index (κ3) is 3.32. The standard InChI is InChI=1S/C15H15NO6/c1-21-12(17)6-7-13(18)22-9-8-16-14(19)10-4-2-3-5-11(10)15(16)20/h2-7,14,19H,8-9H2,1H3/b7-6+. The maximum absolute atomic E-state index is 12.1. The molecule has 0 saturated heterocycles. The number of methoxy groups -OCH3 is 1. The fourth-order valence-corrected chi connectivity index (χ4v) is 2.07. The highest BCUT2D eigenvalue weighted by Gasteiger charge is 2.34. The molecule has 0 fully saturated rings. The van der Waals surface area contributed by atoms with E-state index in [0.717, 1.165) is 12.2 Å². The van der Waals surface area contributed by atoms with Crippen molar-refractivity contribution >= 4 is 17.8 Å². The number of aliphatic hydroxyl groups excluding tert-OH is 1. The van der Waals surface area contributed by atoms with Gasteiger partial charge in [0, 0.05) is 23.3 Å². The normalized spacial score (nSPS) is 16.7. The molecule has 1 aromatic carbocycles. The van der Waals surface area contributed by atoms with Crippen LogP contribution in [0.3, 0.4) is 0 Å². The Kier molecular flexibility index (Phi) is 4.90. The summed E-state index contributed by atoms with van der Waals surface area (Å²) in [5.74, 6) is -1.72. The summed E-state index contributed by atoms with van der Waals surface area (Å²) in [6.45, 7) is -0.0480. The molecule has 1 N–H and O–H groups in total. The molecule has 1 aromatic rings. The van der Waals surface area contributed by atoms with Gasteiger partial charge in [-0.2, -0.15) is 0 Å². The Balaban J connectivity index is 1.86. The van der Waals surface area contributed by atoms with E-state index in [1.807, 2.05) is 0 Å². The average Bonchev–Trinajstić information content (AvgIpc) is 2.78. The van der Waals surface area contributed by atoms with Crippen LogP contribution in [-0.2, 0) is 19.1 Å². The van der Waals surface area contributed by atoms with Gasteiger partial charge in [0.25, 0.3) is 5.91 Å². The summed E-state index contributed by atoms with van der Waals surface area (Å²) in [5, 5.41) is 10.1. The lowest BCUT2D eigenvalue weighted by Gasteiger charge is -2.20. The first-order chi connectivity index (χ1) is 10.5. The van der Waals surface area contributed by atoms with Crippen LogP contribution in [0, 0.1) is 0 Å². The third-order valence-corrected chi connectivity index (χ3v) is 3.16. The number of nitrogens with zero attached hydrogens (tertiary/aromatic N) is 1. The van der Waals surface area contributed by atoms with Crippen LogP contribution < -0.4 is 0 Å². The zero-order chi connectivity index (χ0) is 16.1. The van der Waals surface area contributed by atoms with Gasteiger partial charge in [-0.1, -0.05) is 18.2 Å². The lowest BCUT2D eigenvalue weighted by atomic mass is 10.1.